The van der Waals surface area contributed by atoms with Crippen molar-refractivity contribution >= 4 is 11.8 Å². The van der Waals surface area contributed by atoms with Crippen LogP contribution >= 0.6 is 0 Å². The predicted octanol–water partition coefficient (Wildman–Crippen LogP) is 4.88. The van der Waals surface area contributed by atoms with E-state index in [4.69, 9.17) is 10.5 Å². The standard InChI is InChI=1S/C29H41F2N3O3/c1-6-8-34(9-7-2)29(36)23-11-20(5)10-22(15-23)28(35)33-27(26(32)18-37-17-19(3)4)14-21-12-24(30)16-25(31)13-21/h10-13,15-16,19,26-27H,6-9,14,17-18,32H2,1-5H3,(H,33,35)/t26?,27-/m0/s1. The molecule has 0 aromatic heterocycles. The number of nitrogens with zero attached hydrogens (tertiary/aromatic N) is 1. The smallest absolute Gasteiger partial charge is 0.253 e. The van der Waals surface area contributed by atoms with Crippen LogP contribution in [0.15, 0.2) is 36.4 Å². The SMILES string of the molecule is CCCN(CCC)C(=O)c1cc(C)cc(C(=O)N[C@@H](Cc2cc(F)cc(F)c2)C(N)COCC(C)C)c1. The number of amides is 2. The monoisotopic (exact) mass is 517 g/mol. The van der Waals surface area contributed by atoms with E-state index in [1.165, 1.54) is 12.1 Å². The zero-order valence-electron chi connectivity index (χ0n) is 22.7. The van der Waals surface area contributed by atoms with Gasteiger partial charge in [0.1, 0.15) is 11.6 Å². The normalized spacial score (nSPS) is 12.9. The number of hydrogen-bond acceptors (Lipinski definition) is 4. The van der Waals surface area contributed by atoms with Crippen LogP contribution in [0, 0.1) is 24.5 Å². The fraction of sp³-hybridized carbons (Fsp3) is 0.517. The van der Waals surface area contributed by atoms with Crippen LogP contribution in [-0.4, -0.2) is 55.1 Å². The Morgan fingerprint density at radius 2 is 1.54 bits per heavy atom. The number of rotatable bonds is 14. The molecule has 0 fully saturated rings. The molecule has 6 nitrogen and oxygen atoms in total. The van der Waals surface area contributed by atoms with Gasteiger partial charge in [-0.3, -0.25) is 9.59 Å². The summed E-state index contributed by atoms with van der Waals surface area (Å²) in [6.07, 6.45) is 1.79. The maximum atomic E-state index is 13.8. The van der Waals surface area contributed by atoms with Crippen molar-refractivity contribution in [1.29, 1.82) is 0 Å². The fourth-order valence-electron chi connectivity index (χ4n) is 4.17. The van der Waals surface area contributed by atoms with Crippen LogP contribution in [0.5, 0.6) is 0 Å². The molecule has 3 N–H and O–H groups in total. The molecule has 2 rings (SSSR count). The van der Waals surface area contributed by atoms with Gasteiger partial charge in [-0.25, -0.2) is 8.78 Å². The molecular weight excluding hydrogens is 476 g/mol. The molecule has 0 aliphatic heterocycles. The molecule has 0 saturated heterocycles. The third kappa shape index (κ3) is 9.85. The Labute approximate surface area is 219 Å². The Morgan fingerprint density at radius 1 is 0.946 bits per heavy atom. The molecule has 0 saturated carbocycles. The van der Waals surface area contributed by atoms with Crippen LogP contribution in [0.1, 0.15) is 72.4 Å². The molecule has 0 bridgehead atoms. The highest BCUT2D eigenvalue weighted by Gasteiger charge is 2.24. The first-order valence-electron chi connectivity index (χ1n) is 13.0. The lowest BCUT2D eigenvalue weighted by molar-refractivity contribution is 0.0755. The van der Waals surface area contributed by atoms with Gasteiger partial charge in [-0.2, -0.15) is 0 Å². The van der Waals surface area contributed by atoms with Gasteiger partial charge in [-0.15, -0.1) is 0 Å². The molecule has 0 spiro atoms. The number of hydrogen-bond donors (Lipinski definition) is 2. The second-order valence-electron chi connectivity index (χ2n) is 10.0. The minimum atomic E-state index is -0.699. The highest BCUT2D eigenvalue weighted by molar-refractivity contribution is 6.00. The summed E-state index contributed by atoms with van der Waals surface area (Å²) in [5.74, 6) is -1.63. The van der Waals surface area contributed by atoms with Crippen molar-refractivity contribution in [2.45, 2.75) is 66.0 Å². The molecule has 0 heterocycles. The summed E-state index contributed by atoms with van der Waals surface area (Å²) >= 11 is 0. The first kappa shape index (κ1) is 30.4. The summed E-state index contributed by atoms with van der Waals surface area (Å²) in [6, 6.07) is 7.04. The van der Waals surface area contributed by atoms with Crippen LogP contribution in [0.2, 0.25) is 0 Å². The van der Waals surface area contributed by atoms with E-state index in [0.717, 1.165) is 24.5 Å². The third-order valence-corrected chi connectivity index (χ3v) is 5.83. The van der Waals surface area contributed by atoms with Gasteiger partial charge in [0.25, 0.3) is 11.8 Å². The first-order valence-corrected chi connectivity index (χ1v) is 13.0. The molecule has 2 amide bonds. The van der Waals surface area contributed by atoms with E-state index in [-0.39, 0.29) is 18.9 Å². The number of halogens is 2. The van der Waals surface area contributed by atoms with E-state index in [2.05, 4.69) is 5.32 Å². The molecule has 37 heavy (non-hydrogen) atoms. The first-order chi connectivity index (χ1) is 17.5. The third-order valence-electron chi connectivity index (χ3n) is 5.83. The predicted molar refractivity (Wildman–Crippen MR) is 143 cm³/mol. The van der Waals surface area contributed by atoms with E-state index in [0.29, 0.717) is 42.3 Å². The van der Waals surface area contributed by atoms with Crippen LogP contribution in [0.4, 0.5) is 8.78 Å². The molecular formula is C29H41F2N3O3. The maximum absolute atomic E-state index is 13.8. The van der Waals surface area contributed by atoms with Gasteiger partial charge >= 0.3 is 0 Å². The number of benzene rings is 2. The summed E-state index contributed by atoms with van der Waals surface area (Å²) in [7, 11) is 0. The van der Waals surface area contributed by atoms with E-state index in [1.54, 1.807) is 23.1 Å². The van der Waals surface area contributed by atoms with Crippen molar-refractivity contribution in [3.05, 3.63) is 70.3 Å². The number of ether oxygens (including phenoxy) is 1. The van der Waals surface area contributed by atoms with Gasteiger partial charge in [-0.1, -0.05) is 27.7 Å². The minimum Gasteiger partial charge on any atom is -0.379 e. The van der Waals surface area contributed by atoms with Crippen LogP contribution in [-0.2, 0) is 11.2 Å². The highest BCUT2D eigenvalue weighted by atomic mass is 19.1. The number of nitrogens with two attached hydrogens (primary N) is 1. The Morgan fingerprint density at radius 3 is 2.11 bits per heavy atom. The number of carbonyl (C=O) groups excluding carboxylic acids is 2. The quantitative estimate of drug-likeness (QED) is 0.374. The zero-order valence-corrected chi connectivity index (χ0v) is 22.7. The van der Waals surface area contributed by atoms with Gasteiger partial charge in [0.05, 0.1) is 12.6 Å². The summed E-state index contributed by atoms with van der Waals surface area (Å²) in [6.45, 7) is 11.8. The maximum Gasteiger partial charge on any atom is 0.253 e. The topological polar surface area (TPSA) is 84.7 Å². The second-order valence-corrected chi connectivity index (χ2v) is 10.0. The van der Waals surface area contributed by atoms with Crippen LogP contribution in [0.25, 0.3) is 0 Å². The summed E-state index contributed by atoms with van der Waals surface area (Å²) in [5, 5.41) is 2.92. The largest absolute Gasteiger partial charge is 0.379 e. The van der Waals surface area contributed by atoms with Crippen LogP contribution < -0.4 is 11.1 Å². The molecule has 0 aliphatic rings. The molecule has 2 aromatic carbocycles. The van der Waals surface area contributed by atoms with Crippen molar-refractivity contribution in [3.8, 4) is 0 Å². The van der Waals surface area contributed by atoms with Gasteiger partial charge in [0.2, 0.25) is 0 Å². The number of carbonyl (C=O) groups is 2. The van der Waals surface area contributed by atoms with E-state index in [1.807, 2.05) is 34.6 Å². The van der Waals surface area contributed by atoms with E-state index < -0.39 is 29.6 Å². The van der Waals surface area contributed by atoms with Crippen LogP contribution in [0.3, 0.4) is 0 Å². The summed E-state index contributed by atoms with van der Waals surface area (Å²) < 4.78 is 33.3. The van der Waals surface area contributed by atoms with Crippen molar-refractivity contribution in [1.82, 2.24) is 10.2 Å². The molecule has 1 unspecified atom stereocenters. The van der Waals surface area contributed by atoms with Crippen molar-refractivity contribution in [2.75, 3.05) is 26.3 Å². The van der Waals surface area contributed by atoms with Crippen molar-refractivity contribution in [3.63, 3.8) is 0 Å². The summed E-state index contributed by atoms with van der Waals surface area (Å²) in [5.41, 5.74) is 8.29. The minimum absolute atomic E-state index is 0.116. The number of aryl methyl sites for hydroxylation is 1. The lowest BCUT2D eigenvalue weighted by atomic mass is 9.98. The highest BCUT2D eigenvalue weighted by Crippen LogP contribution is 2.16. The Hall–Kier alpha value is -2.84. The van der Waals surface area contributed by atoms with E-state index >= 15 is 0 Å². The lowest BCUT2D eigenvalue weighted by Gasteiger charge is -2.26. The second kappa shape index (κ2) is 14.8. The molecule has 8 heteroatoms. The van der Waals surface area contributed by atoms with E-state index in [9.17, 15) is 18.4 Å². The molecule has 2 aromatic rings. The Kier molecular flexibility index (Phi) is 12.1. The Balaban J connectivity index is 2.29. The summed E-state index contributed by atoms with van der Waals surface area (Å²) in [4.78, 5) is 28.3. The van der Waals surface area contributed by atoms with Gasteiger partial charge in [0, 0.05) is 42.9 Å². The lowest BCUT2D eigenvalue weighted by Crippen LogP contribution is -2.51. The van der Waals surface area contributed by atoms with Crippen molar-refractivity contribution < 1.29 is 23.1 Å². The average Bonchev–Trinajstić information content (AvgIpc) is 2.81. The zero-order chi connectivity index (χ0) is 27.5. The fourth-order valence-corrected chi connectivity index (χ4v) is 4.17. The molecule has 0 radical (unpaired) electrons. The van der Waals surface area contributed by atoms with Crippen molar-refractivity contribution in [2.24, 2.45) is 11.7 Å². The van der Waals surface area contributed by atoms with Gasteiger partial charge in [0.15, 0.2) is 0 Å². The Bertz CT molecular complexity index is 1020. The van der Waals surface area contributed by atoms with Gasteiger partial charge in [-0.05, 0) is 73.6 Å². The molecule has 2 atom stereocenters. The van der Waals surface area contributed by atoms with Gasteiger partial charge < -0.3 is 20.7 Å². The molecule has 0 aliphatic carbocycles. The average molecular weight is 518 g/mol. The molecule has 204 valence electrons. The number of nitrogens with one attached hydrogen (secondary N) is 1.